The van der Waals surface area contributed by atoms with Gasteiger partial charge in [0.25, 0.3) is 0 Å². The average Bonchev–Trinajstić information content (AvgIpc) is 2.80. The zero-order chi connectivity index (χ0) is 16.6. The van der Waals surface area contributed by atoms with E-state index in [0.717, 1.165) is 19.3 Å². The number of benzene rings is 1. The van der Waals surface area contributed by atoms with Gasteiger partial charge in [-0.1, -0.05) is 43.0 Å². The molecule has 2 bridgehead atoms. The van der Waals surface area contributed by atoms with Crippen LogP contribution in [-0.2, 0) is 4.79 Å². The number of rotatable bonds is 3. The molecule has 0 heterocycles. The molecule has 1 aromatic carbocycles. The maximum Gasteiger partial charge on any atom is 0.241 e. The molecule has 4 rings (SSSR count). The Hall–Kier alpha value is -1.02. The van der Waals surface area contributed by atoms with Gasteiger partial charge in [0.15, 0.2) is 0 Å². The third-order valence-electron chi connectivity index (χ3n) is 5.94. The van der Waals surface area contributed by atoms with Gasteiger partial charge in [0, 0.05) is 0 Å². The van der Waals surface area contributed by atoms with Crippen LogP contribution in [0.2, 0.25) is 0 Å². The van der Waals surface area contributed by atoms with Crippen molar-refractivity contribution in [3.8, 4) is 0 Å². The second-order valence-electron chi connectivity index (χ2n) is 7.69. The first-order valence-electron chi connectivity index (χ1n) is 8.97. The fourth-order valence-electron chi connectivity index (χ4n) is 4.61. The molecule has 0 radical (unpaired) electrons. The van der Waals surface area contributed by atoms with Gasteiger partial charge >= 0.3 is 0 Å². The van der Waals surface area contributed by atoms with Crippen molar-refractivity contribution in [1.29, 1.82) is 0 Å². The second kappa shape index (κ2) is 6.47. The predicted molar refractivity (Wildman–Crippen MR) is 95.7 cm³/mol. The first kappa shape index (κ1) is 16.8. The van der Waals surface area contributed by atoms with Crippen LogP contribution < -0.4 is 5.32 Å². The number of aryl methyl sites for hydroxylation is 2. The van der Waals surface area contributed by atoms with Crippen LogP contribution in [0.3, 0.4) is 0 Å². The zero-order valence-corrected chi connectivity index (χ0v) is 15.2. The number of carbonyl (C=O) groups is 1. The van der Waals surface area contributed by atoms with E-state index in [4.69, 9.17) is 11.6 Å². The van der Waals surface area contributed by atoms with Gasteiger partial charge in [-0.15, -0.1) is 11.6 Å². The highest BCUT2D eigenvalue weighted by atomic mass is 35.5. The molecular weight excluding hydrogens is 306 g/mol. The summed E-state index contributed by atoms with van der Waals surface area (Å²) >= 11 is 6.91. The maximum absolute atomic E-state index is 13.0. The third kappa shape index (κ3) is 3.28. The molecule has 3 saturated carbocycles. The van der Waals surface area contributed by atoms with Crippen LogP contribution in [0, 0.1) is 25.7 Å². The van der Waals surface area contributed by atoms with E-state index >= 15 is 0 Å². The minimum atomic E-state index is -0.688. The fraction of sp³-hybridized carbons (Fsp3) is 0.650. The number of carbonyl (C=O) groups excluding carboxylic acids is 1. The van der Waals surface area contributed by atoms with E-state index in [9.17, 15) is 4.79 Å². The number of hydrogen-bond acceptors (Lipinski definition) is 1. The van der Waals surface area contributed by atoms with Crippen molar-refractivity contribution in [3.05, 3.63) is 34.9 Å². The van der Waals surface area contributed by atoms with Crippen molar-refractivity contribution in [1.82, 2.24) is 5.32 Å². The Morgan fingerprint density at radius 1 is 1.26 bits per heavy atom. The van der Waals surface area contributed by atoms with Crippen molar-refractivity contribution >= 4 is 17.5 Å². The van der Waals surface area contributed by atoms with Gasteiger partial charge in [0.05, 0.1) is 6.04 Å². The highest BCUT2D eigenvalue weighted by Gasteiger charge is 2.49. The largest absolute Gasteiger partial charge is 0.348 e. The van der Waals surface area contributed by atoms with E-state index < -0.39 is 4.87 Å². The summed E-state index contributed by atoms with van der Waals surface area (Å²) in [6, 6.07) is 6.40. The molecule has 3 fully saturated rings. The van der Waals surface area contributed by atoms with Crippen LogP contribution in [0.25, 0.3) is 0 Å². The summed E-state index contributed by atoms with van der Waals surface area (Å²) < 4.78 is 0. The van der Waals surface area contributed by atoms with Crippen molar-refractivity contribution in [2.75, 3.05) is 0 Å². The summed E-state index contributed by atoms with van der Waals surface area (Å²) in [5.74, 6) is 1.02. The summed E-state index contributed by atoms with van der Waals surface area (Å²) in [5, 5.41) is 3.21. The van der Waals surface area contributed by atoms with Crippen LogP contribution in [0.4, 0.5) is 0 Å². The molecule has 0 saturated heterocycles. The maximum atomic E-state index is 13.0. The Morgan fingerprint density at radius 3 is 2.78 bits per heavy atom. The fourth-order valence-corrected chi connectivity index (χ4v) is 5.10. The number of hydrogen-bond donors (Lipinski definition) is 1. The molecule has 4 unspecified atom stereocenters. The monoisotopic (exact) mass is 333 g/mol. The molecular formula is C20H28ClNO. The average molecular weight is 334 g/mol. The van der Waals surface area contributed by atoms with Crippen LogP contribution in [0.1, 0.15) is 68.2 Å². The second-order valence-corrected chi connectivity index (χ2v) is 8.37. The summed E-state index contributed by atoms with van der Waals surface area (Å²) in [6.07, 6.45) is 6.78. The third-order valence-corrected chi connectivity index (χ3v) is 6.57. The molecule has 0 aliphatic heterocycles. The molecule has 23 heavy (non-hydrogen) atoms. The van der Waals surface area contributed by atoms with E-state index in [2.05, 4.69) is 44.3 Å². The minimum absolute atomic E-state index is 0.000467. The molecule has 1 N–H and O–H groups in total. The molecule has 0 spiro atoms. The molecule has 3 heteroatoms. The van der Waals surface area contributed by atoms with Crippen LogP contribution in [-0.4, -0.2) is 10.8 Å². The quantitative estimate of drug-likeness (QED) is 0.770. The Kier molecular flexibility index (Phi) is 4.73. The lowest BCUT2D eigenvalue weighted by Gasteiger charge is -2.39. The molecule has 1 aromatic rings. The van der Waals surface area contributed by atoms with Crippen LogP contribution in [0.15, 0.2) is 18.2 Å². The number of amides is 1. The Bertz CT molecular complexity index is 595. The minimum Gasteiger partial charge on any atom is -0.348 e. The zero-order valence-electron chi connectivity index (χ0n) is 14.5. The van der Waals surface area contributed by atoms with Gasteiger partial charge in [-0.2, -0.15) is 0 Å². The summed E-state index contributed by atoms with van der Waals surface area (Å²) in [4.78, 5) is 12.3. The molecule has 1 amide bonds. The summed E-state index contributed by atoms with van der Waals surface area (Å²) in [6.45, 7) is 6.26. The molecule has 2 nitrogen and oxygen atoms in total. The van der Waals surface area contributed by atoms with Gasteiger partial charge in [-0.25, -0.2) is 0 Å². The van der Waals surface area contributed by atoms with Gasteiger partial charge in [0.1, 0.15) is 4.87 Å². The number of halogens is 1. The number of nitrogens with one attached hydrogen (secondary N) is 1. The van der Waals surface area contributed by atoms with Crippen molar-refractivity contribution in [3.63, 3.8) is 0 Å². The van der Waals surface area contributed by atoms with Gasteiger partial charge in [0.2, 0.25) is 5.91 Å². The topological polar surface area (TPSA) is 29.1 Å². The lowest BCUT2D eigenvalue weighted by atomic mass is 9.74. The van der Waals surface area contributed by atoms with Crippen molar-refractivity contribution in [2.24, 2.45) is 11.8 Å². The Balaban J connectivity index is 1.75. The van der Waals surface area contributed by atoms with Crippen molar-refractivity contribution < 1.29 is 4.79 Å². The standard InChI is InChI=1S/C20H28ClNO/c1-13-7-10-18(14(2)11-13)15(3)22-19(23)20(21)12-16-5-4-6-17(20)9-8-16/h7,10-11,15-17H,4-6,8-9,12H2,1-3H3,(H,22,23). The molecule has 3 aliphatic rings. The van der Waals surface area contributed by atoms with E-state index in [1.807, 2.05) is 0 Å². The lowest BCUT2D eigenvalue weighted by molar-refractivity contribution is -0.127. The van der Waals surface area contributed by atoms with E-state index in [-0.39, 0.29) is 11.9 Å². The number of fused-ring (bicyclic) bond motifs is 4. The van der Waals surface area contributed by atoms with Crippen molar-refractivity contribution in [2.45, 2.75) is 70.2 Å². The lowest BCUT2D eigenvalue weighted by Crippen LogP contribution is -2.50. The van der Waals surface area contributed by atoms with E-state index in [0.29, 0.717) is 11.8 Å². The summed E-state index contributed by atoms with van der Waals surface area (Å²) in [7, 11) is 0. The van der Waals surface area contributed by atoms with Gasteiger partial charge in [-0.05, 0) is 63.0 Å². The molecule has 126 valence electrons. The van der Waals surface area contributed by atoms with Gasteiger partial charge < -0.3 is 5.32 Å². The van der Waals surface area contributed by atoms with Gasteiger partial charge in [-0.3, -0.25) is 4.79 Å². The smallest absolute Gasteiger partial charge is 0.241 e. The first-order chi connectivity index (χ1) is 10.9. The first-order valence-corrected chi connectivity index (χ1v) is 9.35. The Morgan fingerprint density at radius 2 is 2.04 bits per heavy atom. The highest BCUT2D eigenvalue weighted by molar-refractivity contribution is 6.35. The molecule has 4 atom stereocenters. The summed E-state index contributed by atoms with van der Waals surface area (Å²) in [5.41, 5.74) is 3.66. The molecule has 0 aromatic heterocycles. The predicted octanol–water partition coefficient (Wildman–Crippen LogP) is 5.06. The van der Waals surface area contributed by atoms with Crippen LogP contribution >= 0.6 is 11.6 Å². The Labute approximate surface area is 145 Å². The van der Waals surface area contributed by atoms with Crippen LogP contribution in [0.5, 0.6) is 0 Å². The SMILES string of the molecule is Cc1ccc(C(C)NC(=O)C2(Cl)CC3CCCC2CC3)c(C)c1. The molecule has 3 aliphatic carbocycles. The number of alkyl halides is 1. The van der Waals surface area contributed by atoms with E-state index in [1.54, 1.807) is 0 Å². The normalized spacial score (nSPS) is 31.5. The highest BCUT2D eigenvalue weighted by Crippen LogP contribution is 2.49. The van der Waals surface area contributed by atoms with E-state index in [1.165, 1.54) is 36.0 Å².